The van der Waals surface area contributed by atoms with Crippen LogP contribution in [0.25, 0.3) is 11.0 Å². The summed E-state index contributed by atoms with van der Waals surface area (Å²) in [7, 11) is 3.35. The Hall–Kier alpha value is -3.33. The van der Waals surface area contributed by atoms with Crippen LogP contribution >= 0.6 is 0 Å². The van der Waals surface area contributed by atoms with Crippen molar-refractivity contribution in [3.05, 3.63) is 36.0 Å². The minimum Gasteiger partial charge on any atom is -0.495 e. The predicted molar refractivity (Wildman–Crippen MR) is 129 cm³/mol. The van der Waals surface area contributed by atoms with Crippen molar-refractivity contribution >= 4 is 28.6 Å². The molecule has 1 saturated heterocycles. The van der Waals surface area contributed by atoms with Gasteiger partial charge in [0.1, 0.15) is 11.4 Å². The van der Waals surface area contributed by atoms with E-state index < -0.39 is 0 Å². The minimum atomic E-state index is 0.0336. The van der Waals surface area contributed by atoms with Gasteiger partial charge < -0.3 is 29.4 Å². The first-order chi connectivity index (χ1) is 16.6. The lowest BCUT2D eigenvalue weighted by Crippen LogP contribution is -2.39. The Morgan fingerprint density at radius 3 is 2.79 bits per heavy atom. The number of ether oxygens (including phenoxy) is 3. The number of aromatic amines is 1. The van der Waals surface area contributed by atoms with E-state index in [4.69, 9.17) is 14.2 Å². The molecule has 1 atom stereocenters. The topological polar surface area (TPSA) is 102 Å². The lowest BCUT2D eigenvalue weighted by molar-refractivity contribution is 0.0652. The Morgan fingerprint density at radius 1 is 1.24 bits per heavy atom. The van der Waals surface area contributed by atoms with Crippen LogP contribution in [-0.4, -0.2) is 66.3 Å². The van der Waals surface area contributed by atoms with E-state index in [0.717, 1.165) is 37.9 Å². The number of methoxy groups -OCH3 is 2. The number of piperidine rings is 1. The number of carbonyl (C=O) groups is 1. The third-order valence-corrected chi connectivity index (χ3v) is 7.13. The molecule has 1 amide bonds. The quantitative estimate of drug-likeness (QED) is 0.518. The minimum absolute atomic E-state index is 0.0336. The number of fused-ring (bicyclic) bond motifs is 1. The van der Waals surface area contributed by atoms with Crippen molar-refractivity contribution in [2.75, 3.05) is 45.8 Å². The summed E-state index contributed by atoms with van der Waals surface area (Å²) < 4.78 is 16.6. The number of H-pyrrole nitrogens is 1. The van der Waals surface area contributed by atoms with Crippen molar-refractivity contribution in [1.29, 1.82) is 0 Å². The summed E-state index contributed by atoms with van der Waals surface area (Å²) in [4.78, 5) is 27.3. The first kappa shape index (κ1) is 22.5. The molecule has 180 valence electrons. The number of likely N-dealkylation sites (tertiary alicyclic amines) is 1. The zero-order valence-corrected chi connectivity index (χ0v) is 19.9. The molecule has 1 saturated carbocycles. The van der Waals surface area contributed by atoms with Gasteiger partial charge in [0.15, 0.2) is 0 Å². The van der Waals surface area contributed by atoms with Crippen molar-refractivity contribution in [1.82, 2.24) is 19.9 Å². The van der Waals surface area contributed by atoms with Gasteiger partial charge in [0.25, 0.3) is 5.91 Å². The molecule has 34 heavy (non-hydrogen) atoms. The molecule has 2 aromatic heterocycles. The van der Waals surface area contributed by atoms with Gasteiger partial charge in [-0.3, -0.25) is 4.79 Å². The SMILES string of the molecule is CCOc1nc(Nc2ccc(C(=O)N3CCC4(CC3)CC4COC)cc2OC)nc2[nH]ccc12. The van der Waals surface area contributed by atoms with Crippen molar-refractivity contribution in [2.24, 2.45) is 11.3 Å². The molecule has 2 N–H and O–H groups in total. The summed E-state index contributed by atoms with van der Waals surface area (Å²) in [6, 6.07) is 7.31. The fourth-order valence-corrected chi connectivity index (χ4v) is 5.08. The fraction of sp³-hybridized carbons (Fsp3) is 0.480. The molecule has 0 radical (unpaired) electrons. The first-order valence-corrected chi connectivity index (χ1v) is 11.8. The Balaban J connectivity index is 1.30. The van der Waals surface area contributed by atoms with Crippen LogP contribution in [0.3, 0.4) is 0 Å². The molecule has 1 spiro atoms. The molecule has 3 aromatic rings. The number of aromatic nitrogens is 3. The van der Waals surface area contributed by atoms with E-state index >= 15 is 0 Å². The van der Waals surface area contributed by atoms with Gasteiger partial charge in [0.05, 0.1) is 24.8 Å². The standard InChI is InChI=1S/C25H31N5O4/c1-4-34-22-18-7-10-26-21(18)28-24(29-22)27-19-6-5-16(13-20(19)33-3)23(31)30-11-8-25(9-12-30)14-17(25)15-32-2/h5-7,10,13,17H,4,8-9,11-12,14-15H2,1-3H3,(H2,26,27,28,29). The average molecular weight is 466 g/mol. The second-order valence-electron chi connectivity index (χ2n) is 9.08. The number of nitrogens with one attached hydrogen (secondary N) is 2. The average Bonchev–Trinajstić information content (AvgIpc) is 3.27. The van der Waals surface area contributed by atoms with Gasteiger partial charge in [-0.2, -0.15) is 9.97 Å². The summed E-state index contributed by atoms with van der Waals surface area (Å²) >= 11 is 0. The van der Waals surface area contributed by atoms with Crippen molar-refractivity contribution in [2.45, 2.75) is 26.2 Å². The van der Waals surface area contributed by atoms with E-state index in [-0.39, 0.29) is 5.91 Å². The van der Waals surface area contributed by atoms with Gasteiger partial charge in [-0.15, -0.1) is 0 Å². The lowest BCUT2D eigenvalue weighted by Gasteiger charge is -2.33. The Kier molecular flexibility index (Phi) is 6.03. The third kappa shape index (κ3) is 4.16. The van der Waals surface area contributed by atoms with E-state index in [2.05, 4.69) is 20.3 Å². The van der Waals surface area contributed by atoms with Crippen LogP contribution in [0.2, 0.25) is 0 Å². The van der Waals surface area contributed by atoms with Crippen LogP contribution < -0.4 is 14.8 Å². The summed E-state index contributed by atoms with van der Waals surface area (Å²) in [5, 5.41) is 4.02. The maximum Gasteiger partial charge on any atom is 0.253 e. The zero-order valence-electron chi connectivity index (χ0n) is 19.9. The molecule has 9 heteroatoms. The molecule has 9 nitrogen and oxygen atoms in total. The Bertz CT molecular complexity index is 1190. The van der Waals surface area contributed by atoms with Crippen LogP contribution in [0, 0.1) is 11.3 Å². The number of carbonyl (C=O) groups excluding carboxylic acids is 1. The van der Waals surface area contributed by atoms with Crippen molar-refractivity contribution < 1.29 is 19.0 Å². The number of hydrogen-bond donors (Lipinski definition) is 2. The normalized spacial score (nSPS) is 18.8. The van der Waals surface area contributed by atoms with E-state index in [9.17, 15) is 4.79 Å². The van der Waals surface area contributed by atoms with Crippen LogP contribution in [0.5, 0.6) is 11.6 Å². The smallest absolute Gasteiger partial charge is 0.253 e. The Morgan fingerprint density at radius 2 is 2.06 bits per heavy atom. The highest BCUT2D eigenvalue weighted by molar-refractivity contribution is 5.95. The zero-order chi connectivity index (χ0) is 23.7. The molecule has 1 aromatic carbocycles. The summed E-state index contributed by atoms with van der Waals surface area (Å²) in [6.07, 6.45) is 5.11. The number of benzene rings is 1. The van der Waals surface area contributed by atoms with Gasteiger partial charge in [-0.1, -0.05) is 0 Å². The largest absolute Gasteiger partial charge is 0.495 e. The highest BCUT2D eigenvalue weighted by Gasteiger charge is 2.54. The van der Waals surface area contributed by atoms with E-state index in [1.807, 2.05) is 30.0 Å². The highest BCUT2D eigenvalue weighted by atomic mass is 16.5. The predicted octanol–water partition coefficient (Wildman–Crippen LogP) is 4.00. The Labute approximate surface area is 198 Å². The fourth-order valence-electron chi connectivity index (χ4n) is 5.08. The summed E-state index contributed by atoms with van der Waals surface area (Å²) in [5.41, 5.74) is 2.35. The maximum absolute atomic E-state index is 13.2. The van der Waals surface area contributed by atoms with Crippen LogP contribution in [0.1, 0.15) is 36.5 Å². The van der Waals surface area contributed by atoms with Gasteiger partial charge in [0.2, 0.25) is 11.8 Å². The molecule has 1 unspecified atom stereocenters. The molecule has 3 heterocycles. The van der Waals surface area contributed by atoms with Gasteiger partial charge in [-0.25, -0.2) is 0 Å². The molecule has 5 rings (SSSR count). The monoisotopic (exact) mass is 465 g/mol. The molecule has 1 aliphatic heterocycles. The highest BCUT2D eigenvalue weighted by Crippen LogP contribution is 2.59. The van der Waals surface area contributed by atoms with Crippen LogP contribution in [0.4, 0.5) is 11.6 Å². The van der Waals surface area contributed by atoms with E-state index in [0.29, 0.717) is 52.4 Å². The maximum atomic E-state index is 13.2. The van der Waals surface area contributed by atoms with E-state index in [1.165, 1.54) is 6.42 Å². The second kappa shape index (κ2) is 9.13. The first-order valence-electron chi connectivity index (χ1n) is 11.8. The summed E-state index contributed by atoms with van der Waals surface area (Å²) in [6.45, 7) is 4.81. The summed E-state index contributed by atoms with van der Waals surface area (Å²) in [5.74, 6) is 2.12. The second-order valence-corrected chi connectivity index (χ2v) is 9.08. The van der Waals surface area contributed by atoms with Gasteiger partial charge in [-0.05, 0) is 61.8 Å². The van der Waals surface area contributed by atoms with Crippen LogP contribution in [-0.2, 0) is 4.74 Å². The number of amides is 1. The molecule has 2 fully saturated rings. The number of anilines is 2. The van der Waals surface area contributed by atoms with Crippen LogP contribution in [0.15, 0.2) is 30.5 Å². The molecule has 2 aliphatic rings. The molecule has 1 aliphatic carbocycles. The lowest BCUT2D eigenvalue weighted by atomic mass is 9.90. The van der Waals surface area contributed by atoms with E-state index in [1.54, 1.807) is 26.5 Å². The molecular weight excluding hydrogens is 434 g/mol. The molecule has 0 bridgehead atoms. The molecular formula is C25H31N5O4. The number of rotatable bonds is 8. The van der Waals surface area contributed by atoms with Gasteiger partial charge in [0, 0.05) is 38.6 Å². The van der Waals surface area contributed by atoms with Gasteiger partial charge >= 0.3 is 0 Å². The number of hydrogen-bond acceptors (Lipinski definition) is 7. The van der Waals surface area contributed by atoms with Crippen molar-refractivity contribution in [3.8, 4) is 11.6 Å². The number of nitrogens with zero attached hydrogens (tertiary/aromatic N) is 3. The third-order valence-electron chi connectivity index (χ3n) is 7.13. The van der Waals surface area contributed by atoms with Crippen molar-refractivity contribution in [3.63, 3.8) is 0 Å².